The number of aromatic nitrogens is 1. The van der Waals surface area contributed by atoms with E-state index in [1.54, 1.807) is 31.2 Å². The molecule has 1 saturated heterocycles. The fourth-order valence-electron chi connectivity index (χ4n) is 5.40. The lowest BCUT2D eigenvalue weighted by atomic mass is 9.78. The van der Waals surface area contributed by atoms with Gasteiger partial charge in [-0.1, -0.05) is 24.3 Å². The van der Waals surface area contributed by atoms with Crippen molar-refractivity contribution in [3.05, 3.63) is 48.2 Å². The van der Waals surface area contributed by atoms with E-state index in [0.29, 0.717) is 23.9 Å². The van der Waals surface area contributed by atoms with Crippen molar-refractivity contribution in [2.24, 2.45) is 11.8 Å². The van der Waals surface area contributed by atoms with Crippen LogP contribution in [0, 0.1) is 11.8 Å². The zero-order chi connectivity index (χ0) is 31.3. The number of esters is 1. The molecule has 2 aromatic rings. The van der Waals surface area contributed by atoms with Crippen LogP contribution in [0.2, 0.25) is 0 Å². The number of fused-ring (bicyclic) bond motifs is 1. The molecule has 0 bridgehead atoms. The number of hydrogen-bond acceptors (Lipinski definition) is 5. The maximum atomic E-state index is 14.8. The third-order valence-electron chi connectivity index (χ3n) is 7.72. The molecule has 14 heteroatoms. The number of alkyl halides is 5. The molecule has 9 atom stereocenters. The Morgan fingerprint density at radius 1 is 1.00 bits per heavy atom. The van der Waals surface area contributed by atoms with Crippen molar-refractivity contribution in [3.8, 4) is 0 Å². The Kier molecular flexibility index (Phi) is 10.4. The molecule has 9 nitrogen and oxygen atoms in total. The lowest BCUT2D eigenvalue weighted by Crippen LogP contribution is -2.57. The minimum atomic E-state index is -3.02. The van der Waals surface area contributed by atoms with Gasteiger partial charge in [0.05, 0.1) is 6.61 Å². The monoisotopic (exact) mass is 612 g/mol. The zero-order valence-electron chi connectivity index (χ0n) is 23.2. The molecule has 0 spiro atoms. The number of H-pyrrole nitrogens is 1. The second kappa shape index (κ2) is 14.0. The molecule has 2 unspecified atom stereocenters. The number of amides is 3. The van der Waals surface area contributed by atoms with E-state index in [1.165, 1.54) is 12.1 Å². The van der Waals surface area contributed by atoms with Crippen LogP contribution in [0.25, 0.3) is 10.9 Å². The summed E-state index contributed by atoms with van der Waals surface area (Å²) in [6.07, 6.45) is -12.7. The van der Waals surface area contributed by atoms with Crippen molar-refractivity contribution in [1.82, 2.24) is 20.9 Å². The van der Waals surface area contributed by atoms with Crippen LogP contribution in [0.4, 0.5) is 22.0 Å². The first-order valence-electron chi connectivity index (χ1n) is 14.0. The summed E-state index contributed by atoms with van der Waals surface area (Å²) in [5.74, 6) is -5.52. The van der Waals surface area contributed by atoms with Crippen molar-refractivity contribution < 1.29 is 45.9 Å². The van der Waals surface area contributed by atoms with Gasteiger partial charge in [0.1, 0.15) is 24.1 Å². The maximum absolute atomic E-state index is 14.8. The molecule has 2 aliphatic rings. The SMILES string of the molecule is CCOC(=O)/C=C/[C@H](C[C@@H]1CCNC1=O)NC(=O)[C@H](CC1[C@@H](F)[C@@H](F)C(F)[C@@H](F)[C@H]1F)NC(=O)c1cc2ccccc2[nH]1. The third-order valence-corrected chi connectivity index (χ3v) is 7.72. The number of rotatable bonds is 11. The highest BCUT2D eigenvalue weighted by molar-refractivity contribution is 6.00. The number of halogens is 5. The molecule has 43 heavy (non-hydrogen) atoms. The van der Waals surface area contributed by atoms with E-state index in [-0.39, 0.29) is 24.6 Å². The average molecular weight is 613 g/mol. The lowest BCUT2D eigenvalue weighted by Gasteiger charge is -2.37. The smallest absolute Gasteiger partial charge is 0.330 e. The Labute approximate surface area is 244 Å². The summed E-state index contributed by atoms with van der Waals surface area (Å²) >= 11 is 0. The highest BCUT2D eigenvalue weighted by Gasteiger charge is 2.54. The summed E-state index contributed by atoms with van der Waals surface area (Å²) in [7, 11) is 0. The number of hydrogen-bond donors (Lipinski definition) is 4. The van der Waals surface area contributed by atoms with Crippen molar-refractivity contribution in [1.29, 1.82) is 0 Å². The first-order chi connectivity index (χ1) is 20.5. The Balaban J connectivity index is 1.59. The average Bonchev–Trinajstić information content (AvgIpc) is 3.61. The van der Waals surface area contributed by atoms with Gasteiger partial charge in [-0.2, -0.15) is 0 Å². The molecule has 2 heterocycles. The molecule has 4 N–H and O–H groups in total. The first kappa shape index (κ1) is 32.0. The van der Waals surface area contributed by atoms with Gasteiger partial charge >= 0.3 is 5.97 Å². The molecular weight excluding hydrogens is 579 g/mol. The molecule has 3 amide bonds. The summed E-state index contributed by atoms with van der Waals surface area (Å²) < 4.78 is 76.7. The number of benzene rings is 1. The van der Waals surface area contributed by atoms with Gasteiger partial charge in [-0.15, -0.1) is 0 Å². The summed E-state index contributed by atoms with van der Waals surface area (Å²) in [6.45, 7) is 2.07. The van der Waals surface area contributed by atoms with Crippen LogP contribution in [-0.2, 0) is 19.1 Å². The lowest BCUT2D eigenvalue weighted by molar-refractivity contribution is -0.137. The van der Waals surface area contributed by atoms with E-state index in [1.807, 2.05) is 0 Å². The largest absolute Gasteiger partial charge is 0.463 e. The summed E-state index contributed by atoms with van der Waals surface area (Å²) in [5, 5.41) is 8.23. The van der Waals surface area contributed by atoms with Gasteiger partial charge in [-0.3, -0.25) is 14.4 Å². The van der Waals surface area contributed by atoms with Crippen LogP contribution in [0.15, 0.2) is 42.5 Å². The Morgan fingerprint density at radius 3 is 2.30 bits per heavy atom. The molecule has 1 aliphatic carbocycles. The molecule has 0 radical (unpaired) electrons. The van der Waals surface area contributed by atoms with Gasteiger partial charge < -0.3 is 25.7 Å². The predicted octanol–water partition coefficient (Wildman–Crippen LogP) is 3.11. The van der Waals surface area contributed by atoms with Gasteiger partial charge in [-0.25, -0.2) is 26.7 Å². The quantitative estimate of drug-likeness (QED) is 0.176. The second-order valence-electron chi connectivity index (χ2n) is 10.7. The highest BCUT2D eigenvalue weighted by atomic mass is 19.2. The van der Waals surface area contributed by atoms with Crippen LogP contribution in [0.1, 0.15) is 36.7 Å². The van der Waals surface area contributed by atoms with E-state index in [4.69, 9.17) is 4.74 Å². The number of carbonyl (C=O) groups excluding carboxylic acids is 4. The van der Waals surface area contributed by atoms with Crippen molar-refractivity contribution in [3.63, 3.8) is 0 Å². The zero-order valence-corrected chi connectivity index (χ0v) is 23.2. The topological polar surface area (TPSA) is 129 Å². The van der Waals surface area contributed by atoms with Crippen LogP contribution in [-0.4, -0.2) is 84.8 Å². The number of nitrogens with one attached hydrogen (secondary N) is 4. The van der Waals surface area contributed by atoms with Gasteiger partial charge in [-0.05, 0) is 38.3 Å². The fourth-order valence-corrected chi connectivity index (χ4v) is 5.40. The molecular formula is C29H33F5N4O5. The molecule has 4 rings (SSSR count). The molecule has 1 aromatic heterocycles. The van der Waals surface area contributed by atoms with Crippen LogP contribution < -0.4 is 16.0 Å². The van der Waals surface area contributed by atoms with E-state index in [2.05, 4.69) is 20.9 Å². The predicted molar refractivity (Wildman–Crippen MR) is 146 cm³/mol. The second-order valence-corrected chi connectivity index (χ2v) is 10.7. The maximum Gasteiger partial charge on any atom is 0.330 e. The Hall–Kier alpha value is -3.97. The van der Waals surface area contributed by atoms with Crippen LogP contribution >= 0.6 is 0 Å². The summed E-state index contributed by atoms with van der Waals surface area (Å²) in [6, 6.07) is 5.60. The standard InChI is InChI=1S/C29H33F5N4O5/c1-2-43-21(39)8-7-16(11-15-9-10-35-27(15)40)36-28(41)20(13-17-22(30)24(32)26(34)25(33)23(17)31)38-29(42)19-12-14-5-3-4-6-18(14)37-19/h3-8,12,15-17,20,22-26,37H,2,9-11,13H2,1H3,(H,35,40)(H,36,41)(H,38,42)/b8-7+/t15-,16+,17?,20-,22-,23+,24-,25+,26?/m0/s1. The fraction of sp³-hybridized carbons (Fsp3) is 0.517. The molecule has 234 valence electrons. The molecule has 2 fully saturated rings. The van der Waals surface area contributed by atoms with Crippen LogP contribution in [0.5, 0.6) is 0 Å². The van der Waals surface area contributed by atoms with Gasteiger partial charge in [0.2, 0.25) is 11.8 Å². The van der Waals surface area contributed by atoms with E-state index in [0.717, 1.165) is 6.08 Å². The molecule has 1 aromatic carbocycles. The van der Waals surface area contributed by atoms with E-state index < -0.39 is 79.0 Å². The Morgan fingerprint density at radius 2 is 1.67 bits per heavy atom. The minimum Gasteiger partial charge on any atom is -0.463 e. The summed E-state index contributed by atoms with van der Waals surface area (Å²) in [5.41, 5.74) is 0.579. The van der Waals surface area contributed by atoms with E-state index in [9.17, 15) is 41.1 Å². The number of ether oxygens (including phenoxy) is 1. The first-order valence-corrected chi connectivity index (χ1v) is 14.0. The third kappa shape index (κ3) is 7.52. The van der Waals surface area contributed by atoms with Gasteiger partial charge in [0.25, 0.3) is 5.91 Å². The normalized spacial score (nSPS) is 28.8. The van der Waals surface area contributed by atoms with Gasteiger partial charge in [0, 0.05) is 41.4 Å². The number of aromatic amines is 1. The van der Waals surface area contributed by atoms with Crippen molar-refractivity contribution in [2.45, 2.75) is 69.1 Å². The highest BCUT2D eigenvalue weighted by Crippen LogP contribution is 2.38. The van der Waals surface area contributed by atoms with Crippen molar-refractivity contribution >= 4 is 34.6 Å². The minimum absolute atomic E-state index is 0.00631. The number of carbonyl (C=O) groups is 4. The van der Waals surface area contributed by atoms with Crippen molar-refractivity contribution in [2.75, 3.05) is 13.2 Å². The van der Waals surface area contributed by atoms with E-state index >= 15 is 0 Å². The van der Waals surface area contributed by atoms with Crippen LogP contribution in [0.3, 0.4) is 0 Å². The summed E-state index contributed by atoms with van der Waals surface area (Å²) in [4.78, 5) is 53.7. The number of para-hydroxylation sites is 1. The molecule has 1 aliphatic heterocycles. The Bertz CT molecular complexity index is 1310. The molecule has 1 saturated carbocycles. The van der Waals surface area contributed by atoms with Gasteiger partial charge in [0.15, 0.2) is 18.5 Å².